The number of nitrogen functional groups attached to an aromatic ring is 1. The second kappa shape index (κ2) is 5.33. The average molecular weight is 320 g/mol. The van der Waals surface area contributed by atoms with E-state index in [1.54, 1.807) is 10.7 Å². The van der Waals surface area contributed by atoms with Gasteiger partial charge in [-0.2, -0.15) is 10.4 Å². The summed E-state index contributed by atoms with van der Waals surface area (Å²) in [5, 5.41) is 16.7. The number of hydrogen-bond acceptors (Lipinski definition) is 4. The van der Waals surface area contributed by atoms with Crippen LogP contribution in [0.4, 0.5) is 17.2 Å². The van der Waals surface area contributed by atoms with Crippen LogP contribution < -0.4 is 11.1 Å². The van der Waals surface area contributed by atoms with Gasteiger partial charge in [-0.15, -0.1) is 0 Å². The van der Waals surface area contributed by atoms with Gasteiger partial charge in [0.15, 0.2) is 5.82 Å². The third-order valence-corrected chi connectivity index (χ3v) is 3.34. The van der Waals surface area contributed by atoms with Crippen LogP contribution in [0.1, 0.15) is 18.2 Å². The first-order valence-corrected chi connectivity index (χ1v) is 6.64. The second-order valence-corrected chi connectivity index (χ2v) is 5.03. The summed E-state index contributed by atoms with van der Waals surface area (Å²) < 4.78 is 2.55. The van der Waals surface area contributed by atoms with Crippen LogP contribution in [0.5, 0.6) is 0 Å². The molecule has 0 aliphatic heterocycles. The molecule has 0 fully saturated rings. The molecule has 1 heterocycles. The van der Waals surface area contributed by atoms with E-state index in [9.17, 15) is 0 Å². The molecule has 0 aliphatic carbocycles. The maximum atomic E-state index is 9.15. The molecule has 0 saturated heterocycles. The summed E-state index contributed by atoms with van der Waals surface area (Å²) in [6.45, 7) is 2.00. The largest absolute Gasteiger partial charge is 0.394 e. The molecular formula is C13H14BrN5. The standard InChI is InChI=1S/C13H14BrN5/c1-3-10-12(16)13(19(2)18-10)17-11-5-4-9(14)6-8(11)7-15/h4-6,17H,3,16H2,1-2H3. The van der Waals surface area contributed by atoms with Crippen LogP contribution in [-0.2, 0) is 13.5 Å². The third kappa shape index (κ3) is 2.56. The molecule has 0 radical (unpaired) electrons. The molecular weight excluding hydrogens is 306 g/mol. The Hall–Kier alpha value is -2.00. The lowest BCUT2D eigenvalue weighted by atomic mass is 10.2. The topological polar surface area (TPSA) is 79.7 Å². The fraction of sp³-hybridized carbons (Fsp3) is 0.231. The minimum Gasteiger partial charge on any atom is -0.394 e. The highest BCUT2D eigenvalue weighted by atomic mass is 79.9. The lowest BCUT2D eigenvalue weighted by molar-refractivity contribution is 0.753. The van der Waals surface area contributed by atoms with Gasteiger partial charge in [0.1, 0.15) is 6.07 Å². The molecule has 19 heavy (non-hydrogen) atoms. The lowest BCUT2D eigenvalue weighted by Crippen LogP contribution is -2.02. The molecule has 0 saturated carbocycles. The molecule has 0 spiro atoms. The monoisotopic (exact) mass is 319 g/mol. The zero-order chi connectivity index (χ0) is 14.0. The SMILES string of the molecule is CCc1nn(C)c(Nc2ccc(Br)cc2C#N)c1N. The average Bonchev–Trinajstić information content (AvgIpc) is 2.67. The highest BCUT2D eigenvalue weighted by Gasteiger charge is 2.13. The van der Waals surface area contributed by atoms with Crippen molar-refractivity contribution in [1.82, 2.24) is 9.78 Å². The molecule has 3 N–H and O–H groups in total. The van der Waals surface area contributed by atoms with Crippen molar-refractivity contribution in [2.45, 2.75) is 13.3 Å². The zero-order valence-electron chi connectivity index (χ0n) is 10.7. The molecule has 0 bridgehead atoms. The van der Waals surface area contributed by atoms with Gasteiger partial charge in [-0.3, -0.25) is 4.68 Å². The van der Waals surface area contributed by atoms with Gasteiger partial charge in [-0.05, 0) is 24.6 Å². The van der Waals surface area contributed by atoms with Crippen molar-refractivity contribution in [3.05, 3.63) is 33.9 Å². The minimum atomic E-state index is 0.549. The zero-order valence-corrected chi connectivity index (χ0v) is 12.3. The molecule has 1 aromatic carbocycles. The van der Waals surface area contributed by atoms with Crippen molar-refractivity contribution >= 4 is 33.1 Å². The molecule has 1 aromatic heterocycles. The minimum absolute atomic E-state index is 0.549. The van der Waals surface area contributed by atoms with Crippen molar-refractivity contribution in [2.24, 2.45) is 7.05 Å². The predicted octanol–water partition coefficient (Wildman–Crippen LogP) is 2.94. The number of nitrogens with two attached hydrogens (primary N) is 1. The van der Waals surface area contributed by atoms with Gasteiger partial charge in [-0.1, -0.05) is 22.9 Å². The summed E-state index contributed by atoms with van der Waals surface area (Å²) in [6.07, 6.45) is 0.771. The van der Waals surface area contributed by atoms with Gasteiger partial charge < -0.3 is 11.1 Å². The van der Waals surface area contributed by atoms with E-state index in [1.165, 1.54) is 0 Å². The molecule has 0 amide bonds. The van der Waals surface area contributed by atoms with Crippen LogP contribution in [-0.4, -0.2) is 9.78 Å². The van der Waals surface area contributed by atoms with E-state index in [-0.39, 0.29) is 0 Å². The summed E-state index contributed by atoms with van der Waals surface area (Å²) in [6, 6.07) is 7.62. The molecule has 0 unspecified atom stereocenters. The second-order valence-electron chi connectivity index (χ2n) is 4.11. The summed E-state index contributed by atoms with van der Waals surface area (Å²) in [5.74, 6) is 0.704. The van der Waals surface area contributed by atoms with Crippen LogP contribution in [0.3, 0.4) is 0 Å². The first-order chi connectivity index (χ1) is 9.06. The summed E-state index contributed by atoms with van der Waals surface area (Å²) in [5.41, 5.74) is 8.78. The predicted molar refractivity (Wildman–Crippen MR) is 79.1 cm³/mol. The first-order valence-electron chi connectivity index (χ1n) is 5.84. The molecule has 0 atom stereocenters. The van der Waals surface area contributed by atoms with Gasteiger partial charge in [-0.25, -0.2) is 0 Å². The molecule has 6 heteroatoms. The Morgan fingerprint density at radius 1 is 1.53 bits per heavy atom. The highest BCUT2D eigenvalue weighted by Crippen LogP contribution is 2.28. The number of nitrogens with zero attached hydrogens (tertiary/aromatic N) is 3. The molecule has 98 valence electrons. The van der Waals surface area contributed by atoms with Crippen LogP contribution in [0, 0.1) is 11.3 Å². The third-order valence-electron chi connectivity index (χ3n) is 2.85. The van der Waals surface area contributed by atoms with Gasteiger partial charge in [0, 0.05) is 11.5 Å². The first kappa shape index (κ1) is 13.4. The number of anilines is 3. The van der Waals surface area contributed by atoms with Crippen LogP contribution in [0.15, 0.2) is 22.7 Å². The molecule has 2 aromatic rings. The number of aromatic nitrogens is 2. The van der Waals surface area contributed by atoms with Crippen molar-refractivity contribution < 1.29 is 0 Å². The quantitative estimate of drug-likeness (QED) is 0.911. The van der Waals surface area contributed by atoms with E-state index in [2.05, 4.69) is 32.4 Å². The Labute approximate surface area is 120 Å². The van der Waals surface area contributed by atoms with E-state index < -0.39 is 0 Å². The van der Waals surface area contributed by atoms with Gasteiger partial charge in [0.2, 0.25) is 0 Å². The maximum Gasteiger partial charge on any atom is 0.152 e. The Bertz CT molecular complexity index is 654. The normalized spacial score (nSPS) is 10.2. The van der Waals surface area contributed by atoms with Gasteiger partial charge in [0.05, 0.1) is 22.6 Å². The molecule has 0 aliphatic rings. The Balaban J connectivity index is 2.42. The Kier molecular flexibility index (Phi) is 3.76. The number of halogens is 1. The summed E-state index contributed by atoms with van der Waals surface area (Å²) in [7, 11) is 1.82. The van der Waals surface area contributed by atoms with E-state index >= 15 is 0 Å². The number of benzene rings is 1. The smallest absolute Gasteiger partial charge is 0.152 e. The van der Waals surface area contributed by atoms with E-state index in [0.29, 0.717) is 22.8 Å². The summed E-state index contributed by atoms with van der Waals surface area (Å²) in [4.78, 5) is 0. The van der Waals surface area contributed by atoms with Crippen LogP contribution >= 0.6 is 15.9 Å². The van der Waals surface area contributed by atoms with Gasteiger partial charge >= 0.3 is 0 Å². The van der Waals surface area contributed by atoms with Crippen molar-refractivity contribution in [3.8, 4) is 6.07 Å². The lowest BCUT2D eigenvalue weighted by Gasteiger charge is -2.09. The van der Waals surface area contributed by atoms with Crippen LogP contribution in [0.25, 0.3) is 0 Å². The van der Waals surface area contributed by atoms with E-state index in [1.807, 2.05) is 26.1 Å². The fourth-order valence-corrected chi connectivity index (χ4v) is 2.21. The molecule has 2 rings (SSSR count). The molecule has 5 nitrogen and oxygen atoms in total. The number of hydrogen-bond donors (Lipinski definition) is 2. The van der Waals surface area contributed by atoms with Gasteiger partial charge in [0.25, 0.3) is 0 Å². The van der Waals surface area contributed by atoms with E-state index in [4.69, 9.17) is 11.0 Å². The van der Waals surface area contributed by atoms with Crippen molar-refractivity contribution in [2.75, 3.05) is 11.1 Å². The highest BCUT2D eigenvalue weighted by molar-refractivity contribution is 9.10. The summed E-state index contributed by atoms with van der Waals surface area (Å²) >= 11 is 3.35. The number of aryl methyl sites for hydroxylation is 2. The van der Waals surface area contributed by atoms with Crippen molar-refractivity contribution in [3.63, 3.8) is 0 Å². The fourth-order valence-electron chi connectivity index (χ4n) is 1.85. The van der Waals surface area contributed by atoms with Crippen LogP contribution in [0.2, 0.25) is 0 Å². The van der Waals surface area contributed by atoms with Crippen molar-refractivity contribution in [1.29, 1.82) is 5.26 Å². The maximum absolute atomic E-state index is 9.15. The van der Waals surface area contributed by atoms with E-state index in [0.717, 1.165) is 16.6 Å². The number of nitriles is 1. The Morgan fingerprint density at radius 2 is 2.26 bits per heavy atom. The number of nitrogens with one attached hydrogen (secondary N) is 1. The number of rotatable bonds is 3. The Morgan fingerprint density at radius 3 is 2.84 bits per heavy atom.